The van der Waals surface area contributed by atoms with Crippen LogP contribution < -0.4 is 24.3 Å². The molecule has 0 fully saturated rings. The van der Waals surface area contributed by atoms with Crippen molar-refractivity contribution >= 4 is 5.91 Å². The van der Waals surface area contributed by atoms with Gasteiger partial charge in [-0.2, -0.15) is 0 Å². The number of methoxy groups -OCH3 is 4. The van der Waals surface area contributed by atoms with Gasteiger partial charge in [0, 0.05) is 12.0 Å². The first kappa shape index (κ1) is 21.4. The Morgan fingerprint density at radius 3 is 2.07 bits per heavy atom. The summed E-state index contributed by atoms with van der Waals surface area (Å²) in [5.74, 6) is 2.43. The monoisotopic (exact) mass is 387 g/mol. The van der Waals surface area contributed by atoms with Gasteiger partial charge in [0.1, 0.15) is 5.75 Å². The molecule has 0 aliphatic carbocycles. The number of aryl methyl sites for hydroxylation is 2. The molecular formula is C22H29NO5. The van der Waals surface area contributed by atoms with Crippen LogP contribution in [0.5, 0.6) is 23.0 Å². The maximum absolute atomic E-state index is 12.5. The van der Waals surface area contributed by atoms with Crippen molar-refractivity contribution in [3.8, 4) is 23.0 Å². The molecule has 0 saturated heterocycles. The Morgan fingerprint density at radius 2 is 1.54 bits per heavy atom. The second-order valence-corrected chi connectivity index (χ2v) is 6.57. The summed E-state index contributed by atoms with van der Waals surface area (Å²) in [6.45, 7) is 3.97. The molecule has 6 heteroatoms. The third-order valence-corrected chi connectivity index (χ3v) is 4.59. The largest absolute Gasteiger partial charge is 0.496 e. The molecule has 28 heavy (non-hydrogen) atoms. The fourth-order valence-electron chi connectivity index (χ4n) is 3.12. The summed E-state index contributed by atoms with van der Waals surface area (Å²) in [5, 5.41) is 3.04. The van der Waals surface area contributed by atoms with Crippen LogP contribution in [0.1, 0.15) is 36.1 Å². The molecule has 0 spiro atoms. The van der Waals surface area contributed by atoms with Crippen LogP contribution in [0.3, 0.4) is 0 Å². The van der Waals surface area contributed by atoms with Crippen LogP contribution in [0.4, 0.5) is 0 Å². The molecule has 0 aliphatic rings. The van der Waals surface area contributed by atoms with E-state index < -0.39 is 0 Å². The molecule has 2 aromatic carbocycles. The maximum Gasteiger partial charge on any atom is 0.220 e. The van der Waals surface area contributed by atoms with E-state index in [1.54, 1.807) is 28.4 Å². The average Bonchev–Trinajstić information content (AvgIpc) is 2.71. The van der Waals surface area contributed by atoms with Crippen molar-refractivity contribution in [2.24, 2.45) is 0 Å². The standard InChI is InChI=1S/C22H29NO5/c1-14-7-9-18(25-3)17(11-14)15(2)23-21(24)10-8-16-12-19(26-4)22(28-6)20(13-16)27-5/h7,9,11-13,15H,8,10H2,1-6H3,(H,23,24)/t15-/m1/s1. The molecule has 0 heterocycles. The van der Waals surface area contributed by atoms with E-state index in [1.807, 2.05) is 44.2 Å². The van der Waals surface area contributed by atoms with Crippen molar-refractivity contribution in [1.29, 1.82) is 0 Å². The van der Waals surface area contributed by atoms with Gasteiger partial charge < -0.3 is 24.3 Å². The fourth-order valence-corrected chi connectivity index (χ4v) is 3.12. The van der Waals surface area contributed by atoms with E-state index in [2.05, 4.69) is 5.32 Å². The number of nitrogens with one attached hydrogen (secondary N) is 1. The highest BCUT2D eigenvalue weighted by Crippen LogP contribution is 2.38. The third-order valence-electron chi connectivity index (χ3n) is 4.59. The Balaban J connectivity index is 2.05. The predicted molar refractivity (Wildman–Crippen MR) is 109 cm³/mol. The molecule has 2 rings (SSSR count). The maximum atomic E-state index is 12.5. The lowest BCUT2D eigenvalue weighted by Gasteiger charge is -2.18. The van der Waals surface area contributed by atoms with Gasteiger partial charge in [0.2, 0.25) is 11.7 Å². The Morgan fingerprint density at radius 1 is 0.929 bits per heavy atom. The number of ether oxygens (including phenoxy) is 4. The van der Waals surface area contributed by atoms with E-state index in [1.165, 1.54) is 0 Å². The van der Waals surface area contributed by atoms with Crippen molar-refractivity contribution in [3.63, 3.8) is 0 Å². The highest BCUT2D eigenvalue weighted by Gasteiger charge is 2.16. The molecule has 0 saturated carbocycles. The lowest BCUT2D eigenvalue weighted by Crippen LogP contribution is -2.27. The minimum Gasteiger partial charge on any atom is -0.496 e. The highest BCUT2D eigenvalue weighted by molar-refractivity contribution is 5.77. The lowest BCUT2D eigenvalue weighted by atomic mass is 10.0. The van der Waals surface area contributed by atoms with Crippen LogP contribution in [0, 0.1) is 6.92 Å². The van der Waals surface area contributed by atoms with Gasteiger partial charge in [-0.25, -0.2) is 0 Å². The van der Waals surface area contributed by atoms with Crippen LogP contribution in [-0.2, 0) is 11.2 Å². The van der Waals surface area contributed by atoms with Gasteiger partial charge in [0.25, 0.3) is 0 Å². The minimum atomic E-state index is -0.151. The topological polar surface area (TPSA) is 66.0 Å². The van der Waals surface area contributed by atoms with E-state index in [0.29, 0.717) is 30.1 Å². The third kappa shape index (κ3) is 5.09. The number of hydrogen-bond donors (Lipinski definition) is 1. The summed E-state index contributed by atoms with van der Waals surface area (Å²) in [6.07, 6.45) is 0.900. The molecule has 1 amide bonds. The van der Waals surface area contributed by atoms with Crippen LogP contribution in [0.2, 0.25) is 0 Å². The van der Waals surface area contributed by atoms with E-state index in [4.69, 9.17) is 18.9 Å². The first-order valence-electron chi connectivity index (χ1n) is 9.16. The van der Waals surface area contributed by atoms with E-state index in [0.717, 1.165) is 22.4 Å². The van der Waals surface area contributed by atoms with Gasteiger partial charge in [-0.3, -0.25) is 4.79 Å². The molecule has 0 aliphatic heterocycles. The fraction of sp³-hybridized carbons (Fsp3) is 0.409. The first-order chi connectivity index (χ1) is 13.4. The smallest absolute Gasteiger partial charge is 0.220 e. The van der Waals surface area contributed by atoms with Gasteiger partial charge in [-0.15, -0.1) is 0 Å². The Labute approximate surface area is 166 Å². The molecule has 2 aromatic rings. The first-order valence-corrected chi connectivity index (χ1v) is 9.16. The zero-order chi connectivity index (χ0) is 20.7. The van der Waals surface area contributed by atoms with Crippen molar-refractivity contribution < 1.29 is 23.7 Å². The van der Waals surface area contributed by atoms with E-state index >= 15 is 0 Å². The molecule has 0 aromatic heterocycles. The SMILES string of the molecule is COc1ccc(C)cc1[C@@H](C)NC(=O)CCc1cc(OC)c(OC)c(OC)c1. The van der Waals surface area contributed by atoms with Crippen molar-refractivity contribution in [1.82, 2.24) is 5.32 Å². The normalized spacial score (nSPS) is 11.5. The number of hydrogen-bond acceptors (Lipinski definition) is 5. The highest BCUT2D eigenvalue weighted by atomic mass is 16.5. The summed E-state index contributed by atoms with van der Waals surface area (Å²) in [5.41, 5.74) is 3.02. The summed E-state index contributed by atoms with van der Waals surface area (Å²) < 4.78 is 21.5. The second kappa shape index (κ2) is 9.88. The molecule has 0 bridgehead atoms. The van der Waals surface area contributed by atoms with Crippen molar-refractivity contribution in [3.05, 3.63) is 47.0 Å². The van der Waals surface area contributed by atoms with Crippen molar-refractivity contribution in [2.75, 3.05) is 28.4 Å². The Hall–Kier alpha value is -2.89. The van der Waals surface area contributed by atoms with Gasteiger partial charge >= 0.3 is 0 Å². The average molecular weight is 387 g/mol. The van der Waals surface area contributed by atoms with Crippen LogP contribution in [-0.4, -0.2) is 34.3 Å². The van der Waals surface area contributed by atoms with Gasteiger partial charge in [-0.05, 0) is 44.0 Å². The lowest BCUT2D eigenvalue weighted by molar-refractivity contribution is -0.121. The molecule has 6 nitrogen and oxygen atoms in total. The number of rotatable bonds is 9. The number of amides is 1. The summed E-state index contributed by atoms with van der Waals surface area (Å²) in [6, 6.07) is 9.51. The second-order valence-electron chi connectivity index (χ2n) is 6.57. The molecule has 1 atom stereocenters. The number of carbonyl (C=O) groups excluding carboxylic acids is 1. The summed E-state index contributed by atoms with van der Waals surface area (Å²) in [7, 11) is 6.34. The van der Waals surface area contributed by atoms with Crippen molar-refractivity contribution in [2.45, 2.75) is 32.7 Å². The molecule has 1 N–H and O–H groups in total. The molecule has 0 radical (unpaired) electrons. The Bertz CT molecular complexity index is 794. The number of benzene rings is 2. The Kier molecular flexibility index (Phi) is 7.55. The van der Waals surface area contributed by atoms with Crippen LogP contribution in [0.25, 0.3) is 0 Å². The summed E-state index contributed by atoms with van der Waals surface area (Å²) in [4.78, 5) is 12.5. The zero-order valence-electron chi connectivity index (χ0n) is 17.4. The summed E-state index contributed by atoms with van der Waals surface area (Å²) >= 11 is 0. The van der Waals surface area contributed by atoms with Gasteiger partial charge in [0.15, 0.2) is 11.5 Å². The van der Waals surface area contributed by atoms with E-state index in [9.17, 15) is 4.79 Å². The molecule has 152 valence electrons. The zero-order valence-corrected chi connectivity index (χ0v) is 17.4. The van der Waals surface area contributed by atoms with Crippen LogP contribution >= 0.6 is 0 Å². The molecular weight excluding hydrogens is 358 g/mol. The van der Waals surface area contributed by atoms with Gasteiger partial charge in [-0.1, -0.05) is 17.7 Å². The van der Waals surface area contributed by atoms with E-state index in [-0.39, 0.29) is 11.9 Å². The van der Waals surface area contributed by atoms with Gasteiger partial charge in [0.05, 0.1) is 34.5 Å². The minimum absolute atomic E-state index is 0.0372. The van der Waals surface area contributed by atoms with Crippen LogP contribution in [0.15, 0.2) is 30.3 Å². The predicted octanol–water partition coefficient (Wildman–Crippen LogP) is 3.84. The molecule has 0 unspecified atom stereocenters. The quantitative estimate of drug-likeness (QED) is 0.708. The number of carbonyl (C=O) groups is 1.